The maximum atomic E-state index is 13.3. The van der Waals surface area contributed by atoms with Crippen molar-refractivity contribution in [3.8, 4) is 0 Å². The fraction of sp³-hybridized carbons (Fsp3) is 0.350. The Labute approximate surface area is 173 Å². The van der Waals surface area contributed by atoms with Crippen molar-refractivity contribution >= 4 is 27.7 Å². The molecule has 2 aromatic rings. The number of hydrogen-bond acceptors (Lipinski definition) is 6. The number of furan rings is 1. The topological polar surface area (TPSA) is 117 Å². The minimum atomic E-state index is -3.92. The molecule has 158 valence electrons. The SMILES string of the molecule is Cc1ccoc1CN(C)S(=O)(=O)c1cccc2c1CN(C1CCC(=O)NC1=O)C2=O. The molecule has 0 radical (unpaired) electrons. The summed E-state index contributed by atoms with van der Waals surface area (Å²) in [5.41, 5.74) is 1.45. The molecule has 0 aliphatic carbocycles. The normalized spacial score (nSPS) is 19.4. The van der Waals surface area contributed by atoms with Gasteiger partial charge >= 0.3 is 0 Å². The van der Waals surface area contributed by atoms with Crippen LogP contribution >= 0.6 is 0 Å². The first-order valence-electron chi connectivity index (χ1n) is 9.46. The van der Waals surface area contributed by atoms with Gasteiger partial charge in [-0.2, -0.15) is 4.31 Å². The highest BCUT2D eigenvalue weighted by atomic mass is 32.2. The zero-order valence-corrected chi connectivity index (χ0v) is 17.4. The Kier molecular flexibility index (Phi) is 4.99. The number of rotatable bonds is 5. The number of nitrogens with one attached hydrogen (secondary N) is 1. The molecule has 0 saturated carbocycles. The number of amides is 3. The molecule has 9 nitrogen and oxygen atoms in total. The molecule has 1 fully saturated rings. The van der Waals surface area contributed by atoms with Crippen LogP contribution in [0.15, 0.2) is 39.8 Å². The molecule has 3 amide bonds. The number of imide groups is 1. The van der Waals surface area contributed by atoms with E-state index >= 15 is 0 Å². The van der Waals surface area contributed by atoms with E-state index in [1.54, 1.807) is 12.1 Å². The number of hydrogen-bond donors (Lipinski definition) is 1. The summed E-state index contributed by atoms with van der Waals surface area (Å²) in [6.45, 7) is 1.87. The molecule has 2 aliphatic rings. The van der Waals surface area contributed by atoms with Crippen LogP contribution in [-0.2, 0) is 32.7 Å². The van der Waals surface area contributed by atoms with Crippen LogP contribution in [0.5, 0.6) is 0 Å². The van der Waals surface area contributed by atoms with E-state index in [-0.39, 0.29) is 42.3 Å². The smallest absolute Gasteiger partial charge is 0.255 e. The first kappa shape index (κ1) is 20.3. The van der Waals surface area contributed by atoms with E-state index < -0.39 is 27.9 Å². The number of sulfonamides is 1. The van der Waals surface area contributed by atoms with E-state index in [4.69, 9.17) is 4.42 Å². The third kappa shape index (κ3) is 3.31. The van der Waals surface area contributed by atoms with Gasteiger partial charge in [0, 0.05) is 31.1 Å². The minimum Gasteiger partial charge on any atom is -0.468 e. The van der Waals surface area contributed by atoms with Crippen molar-refractivity contribution in [1.82, 2.24) is 14.5 Å². The van der Waals surface area contributed by atoms with Gasteiger partial charge < -0.3 is 9.32 Å². The maximum Gasteiger partial charge on any atom is 0.255 e. The second-order valence-electron chi connectivity index (χ2n) is 7.47. The number of benzene rings is 1. The highest BCUT2D eigenvalue weighted by molar-refractivity contribution is 7.89. The fourth-order valence-electron chi connectivity index (χ4n) is 3.82. The Balaban J connectivity index is 1.64. The Morgan fingerprint density at radius 1 is 1.23 bits per heavy atom. The molecule has 10 heteroatoms. The van der Waals surface area contributed by atoms with Crippen LogP contribution in [-0.4, -0.2) is 48.4 Å². The van der Waals surface area contributed by atoms with Gasteiger partial charge in [0.2, 0.25) is 21.8 Å². The molecule has 3 heterocycles. The van der Waals surface area contributed by atoms with Gasteiger partial charge in [0.05, 0.1) is 17.7 Å². The predicted octanol–water partition coefficient (Wildman–Crippen LogP) is 1.17. The van der Waals surface area contributed by atoms with Crippen LogP contribution in [0.2, 0.25) is 0 Å². The van der Waals surface area contributed by atoms with E-state index in [1.165, 1.54) is 34.6 Å². The monoisotopic (exact) mass is 431 g/mol. The summed E-state index contributed by atoms with van der Waals surface area (Å²) in [6, 6.07) is 5.48. The predicted molar refractivity (Wildman–Crippen MR) is 105 cm³/mol. The maximum absolute atomic E-state index is 13.3. The fourth-order valence-corrected chi connectivity index (χ4v) is 5.18. The zero-order valence-electron chi connectivity index (χ0n) is 16.5. The summed E-state index contributed by atoms with van der Waals surface area (Å²) in [7, 11) is -2.47. The van der Waals surface area contributed by atoms with Crippen LogP contribution in [0, 0.1) is 6.92 Å². The van der Waals surface area contributed by atoms with Crippen LogP contribution in [0.1, 0.15) is 40.1 Å². The van der Waals surface area contributed by atoms with Crippen molar-refractivity contribution < 1.29 is 27.2 Å². The first-order chi connectivity index (χ1) is 14.2. The van der Waals surface area contributed by atoms with E-state index in [2.05, 4.69) is 5.32 Å². The molecule has 0 bridgehead atoms. The Bertz CT molecular complexity index is 1150. The molecule has 1 aromatic carbocycles. The van der Waals surface area contributed by atoms with Gasteiger partial charge in [-0.15, -0.1) is 0 Å². The minimum absolute atomic E-state index is 0.0104. The summed E-state index contributed by atoms with van der Waals surface area (Å²) in [4.78, 5) is 37.9. The highest BCUT2D eigenvalue weighted by Crippen LogP contribution is 2.33. The third-order valence-electron chi connectivity index (χ3n) is 5.56. The van der Waals surface area contributed by atoms with Crippen LogP contribution in [0.25, 0.3) is 0 Å². The summed E-state index contributed by atoms with van der Waals surface area (Å²) >= 11 is 0. The summed E-state index contributed by atoms with van der Waals surface area (Å²) in [6.07, 6.45) is 1.85. The van der Waals surface area contributed by atoms with Gasteiger partial charge in [-0.25, -0.2) is 8.42 Å². The van der Waals surface area contributed by atoms with Gasteiger partial charge in [0.15, 0.2) is 0 Å². The van der Waals surface area contributed by atoms with Crippen LogP contribution in [0.3, 0.4) is 0 Å². The Hall–Kier alpha value is -2.98. The Morgan fingerprint density at radius 3 is 2.67 bits per heavy atom. The van der Waals surface area contributed by atoms with Crippen molar-refractivity contribution in [2.75, 3.05) is 7.05 Å². The number of carbonyl (C=O) groups excluding carboxylic acids is 3. The number of fused-ring (bicyclic) bond motifs is 1. The molecule has 1 aromatic heterocycles. The average Bonchev–Trinajstić information content (AvgIpc) is 3.25. The summed E-state index contributed by atoms with van der Waals surface area (Å²) in [5.74, 6) is -0.795. The number of carbonyl (C=O) groups is 3. The van der Waals surface area contributed by atoms with Gasteiger partial charge in [-0.05, 0) is 37.1 Å². The molecule has 1 unspecified atom stereocenters. The van der Waals surface area contributed by atoms with Crippen LogP contribution < -0.4 is 5.32 Å². The van der Waals surface area contributed by atoms with Crippen molar-refractivity contribution in [2.45, 2.75) is 43.8 Å². The van der Waals surface area contributed by atoms with Gasteiger partial charge in [0.25, 0.3) is 5.91 Å². The van der Waals surface area contributed by atoms with E-state index in [9.17, 15) is 22.8 Å². The highest BCUT2D eigenvalue weighted by Gasteiger charge is 2.41. The molecule has 1 saturated heterocycles. The van der Waals surface area contributed by atoms with Crippen molar-refractivity contribution in [3.05, 3.63) is 53.0 Å². The molecular weight excluding hydrogens is 410 g/mol. The lowest BCUT2D eigenvalue weighted by molar-refractivity contribution is -0.136. The van der Waals surface area contributed by atoms with Gasteiger partial charge in [-0.3, -0.25) is 19.7 Å². The molecule has 1 atom stereocenters. The molecule has 2 aliphatic heterocycles. The van der Waals surface area contributed by atoms with Crippen molar-refractivity contribution in [2.24, 2.45) is 0 Å². The van der Waals surface area contributed by atoms with E-state index in [0.717, 1.165) is 5.56 Å². The second-order valence-corrected chi connectivity index (χ2v) is 9.48. The standard InChI is InChI=1S/C20H21N3O6S/c1-12-8-9-29-16(12)11-22(2)30(27,28)17-5-3-4-13-14(17)10-23(20(13)26)15-6-7-18(24)21-19(15)25/h3-5,8-9,15H,6-7,10-11H2,1-2H3,(H,21,24,25). The molecular formula is C20H21N3O6S. The molecule has 0 spiro atoms. The van der Waals surface area contributed by atoms with E-state index in [1.807, 2.05) is 6.92 Å². The van der Waals surface area contributed by atoms with Crippen molar-refractivity contribution in [1.29, 1.82) is 0 Å². The van der Waals surface area contributed by atoms with Crippen LogP contribution in [0.4, 0.5) is 0 Å². The molecule has 30 heavy (non-hydrogen) atoms. The van der Waals surface area contributed by atoms with Gasteiger partial charge in [-0.1, -0.05) is 6.07 Å². The molecule has 1 N–H and O–H groups in total. The lowest BCUT2D eigenvalue weighted by Crippen LogP contribution is -2.52. The number of nitrogens with zero attached hydrogens (tertiary/aromatic N) is 2. The summed E-state index contributed by atoms with van der Waals surface area (Å²) < 4.78 is 33.0. The van der Waals surface area contributed by atoms with Crippen molar-refractivity contribution in [3.63, 3.8) is 0 Å². The van der Waals surface area contributed by atoms with Gasteiger partial charge in [0.1, 0.15) is 11.8 Å². The lowest BCUT2D eigenvalue weighted by atomic mass is 10.0. The third-order valence-corrected chi connectivity index (χ3v) is 7.45. The summed E-state index contributed by atoms with van der Waals surface area (Å²) in [5, 5.41) is 2.24. The first-order valence-corrected chi connectivity index (χ1v) is 10.9. The quantitative estimate of drug-likeness (QED) is 0.711. The number of aryl methyl sites for hydroxylation is 1. The molecule has 4 rings (SSSR count). The zero-order chi connectivity index (χ0) is 21.6. The van der Waals surface area contributed by atoms with E-state index in [0.29, 0.717) is 11.3 Å². The average molecular weight is 431 g/mol. The second kappa shape index (κ2) is 7.37. The number of piperidine rings is 1. The largest absolute Gasteiger partial charge is 0.468 e. The lowest BCUT2D eigenvalue weighted by Gasteiger charge is -2.29. The Morgan fingerprint density at radius 2 is 2.00 bits per heavy atom.